The standard InChI is InChI=1S/C22H28N2O3S/c1-18(2)17-28(26,27)21-10-8-19(9-11-21)22(25)16-23-12-14-24(15-13-23)20-6-4-3-5-7-20/h3-11,18H,12-17H2,1-2H3. The molecule has 1 fully saturated rings. The maximum Gasteiger partial charge on any atom is 0.178 e. The van der Waals surface area contributed by atoms with Crippen LogP contribution < -0.4 is 4.90 Å². The third-order valence-corrected chi connectivity index (χ3v) is 7.04. The molecule has 0 atom stereocenters. The molecule has 0 N–H and O–H groups in total. The quantitative estimate of drug-likeness (QED) is 0.669. The SMILES string of the molecule is CC(C)CS(=O)(=O)c1ccc(C(=O)CN2CCN(c3ccccc3)CC2)cc1. The van der Waals surface area contributed by atoms with E-state index in [1.54, 1.807) is 24.3 Å². The van der Waals surface area contributed by atoms with Gasteiger partial charge in [-0.1, -0.05) is 44.2 Å². The Bertz CT molecular complexity index is 885. The van der Waals surface area contributed by atoms with Gasteiger partial charge in [-0.15, -0.1) is 0 Å². The smallest absolute Gasteiger partial charge is 0.178 e. The Morgan fingerprint density at radius 1 is 0.929 bits per heavy atom. The number of hydrogen-bond donors (Lipinski definition) is 0. The van der Waals surface area contributed by atoms with Crippen molar-refractivity contribution in [3.05, 3.63) is 60.2 Å². The molecule has 0 saturated carbocycles. The van der Waals surface area contributed by atoms with Crippen LogP contribution in [0.4, 0.5) is 5.69 Å². The first kappa shape index (κ1) is 20.6. The molecule has 3 rings (SSSR count). The summed E-state index contributed by atoms with van der Waals surface area (Å²) in [5.74, 6) is 0.216. The number of anilines is 1. The molecule has 1 aliphatic heterocycles. The van der Waals surface area contributed by atoms with Crippen LogP contribution in [0.15, 0.2) is 59.5 Å². The molecule has 2 aromatic carbocycles. The van der Waals surface area contributed by atoms with E-state index >= 15 is 0 Å². The average molecular weight is 401 g/mol. The molecule has 0 aromatic heterocycles. The minimum atomic E-state index is -3.29. The molecule has 28 heavy (non-hydrogen) atoms. The molecule has 1 heterocycles. The van der Waals surface area contributed by atoms with Crippen LogP contribution in [-0.4, -0.2) is 57.6 Å². The number of ketones is 1. The van der Waals surface area contributed by atoms with Crippen molar-refractivity contribution in [1.82, 2.24) is 4.90 Å². The third kappa shape index (κ3) is 5.20. The molecule has 1 aliphatic rings. The highest BCUT2D eigenvalue weighted by molar-refractivity contribution is 7.91. The lowest BCUT2D eigenvalue weighted by Gasteiger charge is -2.35. The van der Waals surface area contributed by atoms with E-state index in [2.05, 4.69) is 21.9 Å². The van der Waals surface area contributed by atoms with Crippen molar-refractivity contribution in [1.29, 1.82) is 0 Å². The van der Waals surface area contributed by atoms with Gasteiger partial charge in [-0.25, -0.2) is 8.42 Å². The van der Waals surface area contributed by atoms with Gasteiger partial charge in [-0.05, 0) is 30.2 Å². The van der Waals surface area contributed by atoms with E-state index in [1.807, 2.05) is 32.0 Å². The van der Waals surface area contributed by atoms with E-state index in [1.165, 1.54) is 5.69 Å². The van der Waals surface area contributed by atoms with Gasteiger partial charge in [0.2, 0.25) is 0 Å². The number of benzene rings is 2. The number of hydrogen-bond acceptors (Lipinski definition) is 5. The van der Waals surface area contributed by atoms with Crippen molar-refractivity contribution >= 4 is 21.3 Å². The highest BCUT2D eigenvalue weighted by Crippen LogP contribution is 2.17. The predicted molar refractivity (Wildman–Crippen MR) is 113 cm³/mol. The van der Waals surface area contributed by atoms with E-state index in [0.717, 1.165) is 26.2 Å². The summed E-state index contributed by atoms with van der Waals surface area (Å²) in [5, 5.41) is 0. The van der Waals surface area contributed by atoms with Gasteiger partial charge in [0, 0.05) is 37.4 Å². The number of nitrogens with zero attached hydrogens (tertiary/aromatic N) is 2. The molecular formula is C22H28N2O3S. The Morgan fingerprint density at radius 2 is 1.54 bits per heavy atom. The Kier molecular flexibility index (Phi) is 6.52. The van der Waals surface area contributed by atoms with E-state index in [4.69, 9.17) is 0 Å². The summed E-state index contributed by atoms with van der Waals surface area (Å²) in [4.78, 5) is 17.4. The number of para-hydroxylation sites is 1. The first-order valence-corrected chi connectivity index (χ1v) is 11.4. The third-order valence-electron chi connectivity index (χ3n) is 4.95. The molecule has 0 radical (unpaired) electrons. The monoisotopic (exact) mass is 400 g/mol. The molecule has 1 saturated heterocycles. The van der Waals surface area contributed by atoms with Crippen molar-refractivity contribution in [2.45, 2.75) is 18.7 Å². The van der Waals surface area contributed by atoms with Crippen molar-refractivity contribution in [3.8, 4) is 0 Å². The summed E-state index contributed by atoms with van der Waals surface area (Å²) in [7, 11) is -3.29. The second kappa shape index (κ2) is 8.88. The second-order valence-corrected chi connectivity index (χ2v) is 9.76. The van der Waals surface area contributed by atoms with Gasteiger partial charge in [0.1, 0.15) is 0 Å². The lowest BCUT2D eigenvalue weighted by molar-refractivity contribution is 0.0926. The largest absolute Gasteiger partial charge is 0.369 e. The van der Waals surface area contributed by atoms with Crippen molar-refractivity contribution in [2.75, 3.05) is 43.4 Å². The number of rotatable bonds is 7. The van der Waals surface area contributed by atoms with Gasteiger partial charge >= 0.3 is 0 Å². The zero-order valence-corrected chi connectivity index (χ0v) is 17.4. The molecule has 0 bridgehead atoms. The zero-order valence-electron chi connectivity index (χ0n) is 16.5. The van der Waals surface area contributed by atoms with Crippen molar-refractivity contribution < 1.29 is 13.2 Å². The summed E-state index contributed by atoms with van der Waals surface area (Å²) in [6.45, 7) is 7.58. The minimum absolute atomic E-state index is 0.0287. The number of sulfone groups is 1. The van der Waals surface area contributed by atoms with Crippen LogP contribution in [0.5, 0.6) is 0 Å². The second-order valence-electron chi connectivity index (χ2n) is 7.72. The van der Waals surface area contributed by atoms with Crippen LogP contribution in [0.3, 0.4) is 0 Å². The molecule has 0 amide bonds. The summed E-state index contributed by atoms with van der Waals surface area (Å²) in [6.07, 6.45) is 0. The summed E-state index contributed by atoms with van der Waals surface area (Å²) in [6, 6.07) is 16.7. The molecule has 0 aliphatic carbocycles. The molecule has 0 unspecified atom stereocenters. The van der Waals surface area contributed by atoms with Gasteiger partial charge in [-0.2, -0.15) is 0 Å². The van der Waals surface area contributed by atoms with Crippen LogP contribution >= 0.6 is 0 Å². The first-order chi connectivity index (χ1) is 13.3. The van der Waals surface area contributed by atoms with E-state index in [0.29, 0.717) is 12.1 Å². The van der Waals surface area contributed by atoms with E-state index in [-0.39, 0.29) is 22.3 Å². The van der Waals surface area contributed by atoms with Crippen molar-refractivity contribution in [3.63, 3.8) is 0 Å². The summed E-state index contributed by atoms with van der Waals surface area (Å²) < 4.78 is 24.6. The summed E-state index contributed by atoms with van der Waals surface area (Å²) >= 11 is 0. The number of carbonyl (C=O) groups excluding carboxylic acids is 1. The zero-order chi connectivity index (χ0) is 20.1. The van der Waals surface area contributed by atoms with Crippen molar-refractivity contribution in [2.24, 2.45) is 5.92 Å². The van der Waals surface area contributed by atoms with Gasteiger partial charge in [0.15, 0.2) is 15.6 Å². The fourth-order valence-corrected chi connectivity index (χ4v) is 5.10. The number of Topliss-reactive ketones (excluding diaryl/α,β-unsaturated/α-hetero) is 1. The Morgan fingerprint density at radius 3 is 2.11 bits per heavy atom. The Balaban J connectivity index is 1.55. The minimum Gasteiger partial charge on any atom is -0.369 e. The van der Waals surface area contributed by atoms with Gasteiger partial charge in [0.05, 0.1) is 17.2 Å². The molecule has 150 valence electrons. The topological polar surface area (TPSA) is 57.7 Å². The van der Waals surface area contributed by atoms with Crippen LogP contribution in [0.25, 0.3) is 0 Å². The lowest BCUT2D eigenvalue weighted by atomic mass is 10.1. The van der Waals surface area contributed by atoms with E-state index in [9.17, 15) is 13.2 Å². The highest BCUT2D eigenvalue weighted by Gasteiger charge is 2.21. The fraction of sp³-hybridized carbons (Fsp3) is 0.409. The van der Waals surface area contributed by atoms with Gasteiger partial charge < -0.3 is 4.90 Å². The van der Waals surface area contributed by atoms with Crippen LogP contribution in [0.2, 0.25) is 0 Å². The maximum atomic E-state index is 12.6. The molecule has 5 nitrogen and oxygen atoms in total. The highest BCUT2D eigenvalue weighted by atomic mass is 32.2. The first-order valence-electron chi connectivity index (χ1n) is 9.73. The number of piperazine rings is 1. The predicted octanol–water partition coefficient (Wildman–Crippen LogP) is 3.12. The van der Waals surface area contributed by atoms with Crippen LogP contribution in [0, 0.1) is 5.92 Å². The normalized spacial score (nSPS) is 15.8. The Hall–Kier alpha value is -2.18. The van der Waals surface area contributed by atoms with E-state index < -0.39 is 9.84 Å². The molecule has 2 aromatic rings. The number of carbonyl (C=O) groups is 1. The fourth-order valence-electron chi connectivity index (χ4n) is 3.48. The maximum absolute atomic E-state index is 12.6. The molecule has 6 heteroatoms. The molecular weight excluding hydrogens is 372 g/mol. The van der Waals surface area contributed by atoms with Gasteiger partial charge in [0.25, 0.3) is 0 Å². The van der Waals surface area contributed by atoms with Gasteiger partial charge in [-0.3, -0.25) is 9.69 Å². The lowest BCUT2D eigenvalue weighted by Crippen LogP contribution is -2.48. The molecule has 0 spiro atoms. The Labute approximate surface area is 167 Å². The van der Waals surface area contributed by atoms with Crippen LogP contribution in [0.1, 0.15) is 24.2 Å². The average Bonchev–Trinajstić information content (AvgIpc) is 2.68. The van der Waals surface area contributed by atoms with Crippen LogP contribution in [-0.2, 0) is 9.84 Å². The summed E-state index contributed by atoms with van der Waals surface area (Å²) in [5.41, 5.74) is 1.78.